The van der Waals surface area contributed by atoms with Crippen LogP contribution in [0.4, 0.5) is 5.69 Å². The van der Waals surface area contributed by atoms with Gasteiger partial charge < -0.3 is 15.7 Å². The molecule has 0 radical (unpaired) electrons. The number of rotatable bonds is 2. The third kappa shape index (κ3) is 2.17. The minimum Gasteiger partial charge on any atom is -0.478 e. The summed E-state index contributed by atoms with van der Waals surface area (Å²) in [6.45, 7) is 0. The highest BCUT2D eigenvalue weighted by molar-refractivity contribution is 6.40. The molecule has 0 saturated carbocycles. The van der Waals surface area contributed by atoms with Crippen LogP contribution in [0.15, 0.2) is 24.3 Å². The predicted octanol–water partition coefficient (Wildman–Crippen LogP) is -0.167. The van der Waals surface area contributed by atoms with E-state index in [0.29, 0.717) is 0 Å². The molecule has 0 aliphatic carbocycles. The number of carbonyl (C=O) groups excluding carboxylic acids is 2. The molecule has 0 heterocycles. The van der Waals surface area contributed by atoms with Crippen molar-refractivity contribution in [2.24, 2.45) is 5.73 Å². The fourth-order valence-electron chi connectivity index (χ4n) is 1.22. The Balaban J connectivity index is 3.18. The molecule has 16 heavy (non-hydrogen) atoms. The molecule has 0 unspecified atom stereocenters. The van der Waals surface area contributed by atoms with Gasteiger partial charge in [-0.05, 0) is 12.1 Å². The van der Waals surface area contributed by atoms with Gasteiger partial charge in [-0.15, -0.1) is 0 Å². The first-order chi connectivity index (χ1) is 7.45. The standard InChI is InChI=1S/C10H10N2O4/c1-12(9(14)8(11)13)7-5-3-2-4-6(7)10(15)16/h2-5H,1H3,(H2,11,13)(H,15,16). The summed E-state index contributed by atoms with van der Waals surface area (Å²) >= 11 is 0. The maximum Gasteiger partial charge on any atom is 0.337 e. The third-order valence-electron chi connectivity index (χ3n) is 2.01. The second-order valence-electron chi connectivity index (χ2n) is 3.05. The van der Waals surface area contributed by atoms with E-state index in [1.165, 1.54) is 25.2 Å². The number of amides is 2. The lowest BCUT2D eigenvalue weighted by Crippen LogP contribution is -2.38. The number of likely N-dealkylation sites (N-methyl/N-ethyl adjacent to an activating group) is 1. The summed E-state index contributed by atoms with van der Waals surface area (Å²) in [5.41, 5.74) is 4.88. The number of aromatic carboxylic acids is 1. The van der Waals surface area contributed by atoms with Crippen molar-refractivity contribution in [3.63, 3.8) is 0 Å². The van der Waals surface area contributed by atoms with Gasteiger partial charge in [0.25, 0.3) is 0 Å². The van der Waals surface area contributed by atoms with Gasteiger partial charge in [0.05, 0.1) is 11.3 Å². The number of benzene rings is 1. The first-order valence-corrected chi connectivity index (χ1v) is 4.35. The Bertz CT molecular complexity index is 456. The van der Waals surface area contributed by atoms with Crippen LogP contribution in [-0.2, 0) is 9.59 Å². The Morgan fingerprint density at radius 1 is 1.25 bits per heavy atom. The van der Waals surface area contributed by atoms with Crippen LogP contribution in [0, 0.1) is 0 Å². The number of para-hydroxylation sites is 1. The fraction of sp³-hybridized carbons (Fsp3) is 0.100. The first-order valence-electron chi connectivity index (χ1n) is 4.35. The van der Waals surface area contributed by atoms with E-state index in [9.17, 15) is 14.4 Å². The van der Waals surface area contributed by atoms with Crippen LogP contribution in [0.25, 0.3) is 0 Å². The molecule has 1 aromatic rings. The molecule has 0 bridgehead atoms. The third-order valence-corrected chi connectivity index (χ3v) is 2.01. The van der Waals surface area contributed by atoms with E-state index >= 15 is 0 Å². The van der Waals surface area contributed by atoms with Crippen LogP contribution in [0.3, 0.4) is 0 Å². The minimum atomic E-state index is -1.18. The van der Waals surface area contributed by atoms with Gasteiger partial charge >= 0.3 is 17.8 Å². The number of nitrogens with two attached hydrogens (primary N) is 1. The van der Waals surface area contributed by atoms with Gasteiger partial charge in [-0.3, -0.25) is 9.59 Å². The maximum atomic E-state index is 11.3. The van der Waals surface area contributed by atoms with Crippen LogP contribution < -0.4 is 10.6 Å². The molecule has 0 atom stereocenters. The van der Waals surface area contributed by atoms with E-state index in [-0.39, 0.29) is 11.3 Å². The monoisotopic (exact) mass is 222 g/mol. The van der Waals surface area contributed by atoms with E-state index < -0.39 is 17.8 Å². The number of anilines is 1. The maximum absolute atomic E-state index is 11.3. The van der Waals surface area contributed by atoms with Gasteiger partial charge in [-0.2, -0.15) is 0 Å². The van der Waals surface area contributed by atoms with Gasteiger partial charge in [-0.1, -0.05) is 12.1 Å². The summed E-state index contributed by atoms with van der Waals surface area (Å²) in [4.78, 5) is 33.7. The van der Waals surface area contributed by atoms with Gasteiger partial charge in [0, 0.05) is 7.05 Å². The summed E-state index contributed by atoms with van der Waals surface area (Å²) < 4.78 is 0. The largest absolute Gasteiger partial charge is 0.478 e. The topological polar surface area (TPSA) is 101 Å². The molecule has 1 rings (SSSR count). The number of carboxylic acids is 1. The molecule has 0 aliphatic heterocycles. The van der Waals surface area contributed by atoms with Crippen LogP contribution in [0.5, 0.6) is 0 Å². The highest BCUT2D eigenvalue weighted by Gasteiger charge is 2.20. The van der Waals surface area contributed by atoms with E-state index in [1.54, 1.807) is 6.07 Å². The Hall–Kier alpha value is -2.37. The van der Waals surface area contributed by atoms with E-state index in [1.807, 2.05) is 0 Å². The fourth-order valence-corrected chi connectivity index (χ4v) is 1.22. The van der Waals surface area contributed by atoms with Crippen molar-refractivity contribution in [2.45, 2.75) is 0 Å². The predicted molar refractivity (Wildman–Crippen MR) is 56.0 cm³/mol. The number of carbonyl (C=O) groups is 3. The van der Waals surface area contributed by atoms with Crippen LogP contribution in [0.2, 0.25) is 0 Å². The van der Waals surface area contributed by atoms with E-state index in [2.05, 4.69) is 0 Å². The van der Waals surface area contributed by atoms with E-state index in [4.69, 9.17) is 10.8 Å². The second kappa shape index (κ2) is 4.43. The summed E-state index contributed by atoms with van der Waals surface area (Å²) in [7, 11) is 1.29. The number of hydrogen-bond acceptors (Lipinski definition) is 3. The van der Waals surface area contributed by atoms with Crippen LogP contribution in [-0.4, -0.2) is 29.9 Å². The van der Waals surface area contributed by atoms with Crippen molar-refractivity contribution in [3.05, 3.63) is 29.8 Å². The molecule has 0 fully saturated rings. The molecule has 0 aromatic heterocycles. The van der Waals surface area contributed by atoms with Gasteiger partial charge in [0.15, 0.2) is 0 Å². The molecule has 0 spiro atoms. The second-order valence-corrected chi connectivity index (χ2v) is 3.05. The van der Waals surface area contributed by atoms with Crippen molar-refractivity contribution < 1.29 is 19.5 Å². The number of carboxylic acid groups (broad SMARTS) is 1. The lowest BCUT2D eigenvalue weighted by atomic mass is 10.1. The molecule has 6 nitrogen and oxygen atoms in total. The average Bonchev–Trinajstić information content (AvgIpc) is 2.26. The molecule has 3 N–H and O–H groups in total. The summed E-state index contributed by atoms with van der Waals surface area (Å²) in [6, 6.07) is 5.84. The molecule has 1 aromatic carbocycles. The zero-order valence-corrected chi connectivity index (χ0v) is 8.51. The first kappa shape index (κ1) is 11.7. The molecule has 2 amide bonds. The van der Waals surface area contributed by atoms with E-state index in [0.717, 1.165) is 4.90 Å². The Morgan fingerprint density at radius 3 is 2.31 bits per heavy atom. The van der Waals surface area contributed by atoms with Crippen molar-refractivity contribution in [1.29, 1.82) is 0 Å². The lowest BCUT2D eigenvalue weighted by Gasteiger charge is -2.17. The number of hydrogen-bond donors (Lipinski definition) is 2. The lowest BCUT2D eigenvalue weighted by molar-refractivity contribution is -0.135. The average molecular weight is 222 g/mol. The van der Waals surface area contributed by atoms with Gasteiger partial charge in [-0.25, -0.2) is 4.79 Å². The van der Waals surface area contributed by atoms with Gasteiger partial charge in [0.1, 0.15) is 0 Å². The molecule has 0 saturated heterocycles. The number of nitrogens with zero attached hydrogens (tertiary/aromatic N) is 1. The highest BCUT2D eigenvalue weighted by Crippen LogP contribution is 2.18. The molecular weight excluding hydrogens is 212 g/mol. The SMILES string of the molecule is CN(C(=O)C(N)=O)c1ccccc1C(=O)O. The summed E-state index contributed by atoms with van der Waals surface area (Å²) in [5.74, 6) is -3.28. The quantitative estimate of drug-likeness (QED) is 0.678. The summed E-state index contributed by atoms with van der Waals surface area (Å²) in [6.07, 6.45) is 0. The number of primary amides is 1. The Labute approximate surface area is 91.3 Å². The van der Waals surface area contributed by atoms with Gasteiger partial charge in [0.2, 0.25) is 0 Å². The zero-order valence-electron chi connectivity index (χ0n) is 8.51. The van der Waals surface area contributed by atoms with Crippen molar-refractivity contribution in [3.8, 4) is 0 Å². The smallest absolute Gasteiger partial charge is 0.337 e. The molecular formula is C10H10N2O4. The van der Waals surface area contributed by atoms with Crippen LogP contribution >= 0.6 is 0 Å². The molecule has 84 valence electrons. The van der Waals surface area contributed by atoms with Crippen LogP contribution in [0.1, 0.15) is 10.4 Å². The Kier molecular flexibility index (Phi) is 3.24. The zero-order chi connectivity index (χ0) is 12.3. The summed E-state index contributed by atoms with van der Waals surface area (Å²) in [5, 5.41) is 8.88. The van der Waals surface area contributed by atoms with Crippen molar-refractivity contribution >= 4 is 23.5 Å². The Morgan fingerprint density at radius 2 is 1.81 bits per heavy atom. The minimum absolute atomic E-state index is 0.0698. The normalized spacial score (nSPS) is 9.56. The molecule has 0 aliphatic rings. The molecule has 6 heteroatoms. The highest BCUT2D eigenvalue weighted by atomic mass is 16.4. The van der Waals surface area contributed by atoms with Crippen molar-refractivity contribution in [1.82, 2.24) is 0 Å². The van der Waals surface area contributed by atoms with Crippen molar-refractivity contribution in [2.75, 3.05) is 11.9 Å².